The molecule has 1 aliphatic carbocycles. The molecule has 0 unspecified atom stereocenters. The molecular formula is C25H30N4O6. The number of nitrogens with one attached hydrogen (secondary N) is 3. The monoisotopic (exact) mass is 482 g/mol. The van der Waals surface area contributed by atoms with E-state index in [9.17, 15) is 14.4 Å². The van der Waals surface area contributed by atoms with Gasteiger partial charge in [-0.05, 0) is 37.1 Å². The molecule has 2 aromatic rings. The Hall–Kier alpha value is -4.08. The van der Waals surface area contributed by atoms with Crippen LogP contribution in [0.1, 0.15) is 48.0 Å². The van der Waals surface area contributed by atoms with Gasteiger partial charge in [-0.3, -0.25) is 14.4 Å². The number of nitrogens with zero attached hydrogens (tertiary/aromatic N) is 1. The first-order valence-corrected chi connectivity index (χ1v) is 11.3. The van der Waals surface area contributed by atoms with Crippen LogP contribution in [0.2, 0.25) is 0 Å². The maximum Gasteiger partial charge on any atom is 0.329 e. The van der Waals surface area contributed by atoms with Gasteiger partial charge in [-0.1, -0.05) is 31.4 Å². The molecule has 0 aliphatic heterocycles. The lowest BCUT2D eigenvalue weighted by molar-refractivity contribution is -0.136. The van der Waals surface area contributed by atoms with Gasteiger partial charge < -0.3 is 24.8 Å². The second-order valence-corrected chi connectivity index (χ2v) is 7.97. The van der Waals surface area contributed by atoms with Gasteiger partial charge in [-0.2, -0.15) is 5.10 Å². The number of rotatable bonds is 8. The molecule has 0 radical (unpaired) electrons. The zero-order chi connectivity index (χ0) is 25.2. The number of anilines is 1. The van der Waals surface area contributed by atoms with Gasteiger partial charge in [0.2, 0.25) is 5.75 Å². The Labute approximate surface area is 204 Å². The van der Waals surface area contributed by atoms with E-state index in [0.717, 1.165) is 25.7 Å². The summed E-state index contributed by atoms with van der Waals surface area (Å²) in [6.45, 7) is 0. The number of para-hydroxylation sites is 1. The van der Waals surface area contributed by atoms with E-state index < -0.39 is 11.8 Å². The summed E-state index contributed by atoms with van der Waals surface area (Å²) in [5.41, 5.74) is 3.26. The summed E-state index contributed by atoms with van der Waals surface area (Å²) >= 11 is 0. The minimum atomic E-state index is -0.990. The van der Waals surface area contributed by atoms with Crippen LogP contribution in [-0.2, 0) is 9.59 Å². The van der Waals surface area contributed by atoms with E-state index in [-0.39, 0.29) is 17.6 Å². The second-order valence-electron chi connectivity index (χ2n) is 7.97. The lowest BCUT2D eigenvalue weighted by atomic mass is 9.95. The molecule has 2 aromatic carbocycles. The van der Waals surface area contributed by atoms with E-state index >= 15 is 0 Å². The van der Waals surface area contributed by atoms with Gasteiger partial charge >= 0.3 is 11.8 Å². The number of hydrogen-bond donors (Lipinski definition) is 3. The van der Waals surface area contributed by atoms with Crippen LogP contribution < -0.4 is 30.3 Å². The maximum atomic E-state index is 12.7. The van der Waals surface area contributed by atoms with Crippen LogP contribution in [0, 0.1) is 0 Å². The average Bonchev–Trinajstić information content (AvgIpc) is 2.88. The smallest absolute Gasteiger partial charge is 0.329 e. The van der Waals surface area contributed by atoms with Crippen LogP contribution in [0.4, 0.5) is 5.69 Å². The number of hydrogen-bond acceptors (Lipinski definition) is 7. The predicted molar refractivity (Wildman–Crippen MR) is 131 cm³/mol. The fraction of sp³-hybridized carbons (Fsp3) is 0.360. The second kappa shape index (κ2) is 12.4. The zero-order valence-electron chi connectivity index (χ0n) is 20.1. The highest BCUT2D eigenvalue weighted by Gasteiger charge is 2.21. The molecule has 1 saturated carbocycles. The Morgan fingerprint density at radius 1 is 0.914 bits per heavy atom. The zero-order valence-corrected chi connectivity index (χ0v) is 20.1. The lowest BCUT2D eigenvalue weighted by Gasteiger charge is -2.23. The van der Waals surface area contributed by atoms with Gasteiger partial charge in [0.1, 0.15) is 0 Å². The molecule has 0 atom stereocenters. The maximum absolute atomic E-state index is 12.7. The fourth-order valence-electron chi connectivity index (χ4n) is 3.87. The summed E-state index contributed by atoms with van der Waals surface area (Å²) in [7, 11) is 4.46. The van der Waals surface area contributed by atoms with Crippen LogP contribution in [0.15, 0.2) is 41.5 Å². The molecule has 186 valence electrons. The fourth-order valence-corrected chi connectivity index (χ4v) is 3.87. The summed E-state index contributed by atoms with van der Waals surface area (Å²) < 4.78 is 15.8. The van der Waals surface area contributed by atoms with Crippen LogP contribution in [-0.4, -0.2) is 51.3 Å². The Balaban J connectivity index is 1.63. The average molecular weight is 483 g/mol. The topological polar surface area (TPSA) is 127 Å². The quantitative estimate of drug-likeness (QED) is 0.302. The highest BCUT2D eigenvalue weighted by Crippen LogP contribution is 2.37. The van der Waals surface area contributed by atoms with Crippen molar-refractivity contribution in [3.05, 3.63) is 47.5 Å². The van der Waals surface area contributed by atoms with Crippen LogP contribution in [0.5, 0.6) is 17.2 Å². The summed E-state index contributed by atoms with van der Waals surface area (Å²) in [6, 6.07) is 9.94. The summed E-state index contributed by atoms with van der Waals surface area (Å²) in [5, 5.41) is 9.33. The molecule has 1 fully saturated rings. The SMILES string of the molecule is COc1cc(/C=N\NC(=O)C(=O)Nc2ccccc2C(=O)NC2CCCCC2)cc(OC)c1OC. The number of carbonyl (C=O) groups is 3. The summed E-state index contributed by atoms with van der Waals surface area (Å²) in [6.07, 6.45) is 6.55. The van der Waals surface area contributed by atoms with Crippen molar-refractivity contribution in [3.8, 4) is 17.2 Å². The number of benzene rings is 2. The van der Waals surface area contributed by atoms with Gasteiger partial charge in [-0.15, -0.1) is 0 Å². The molecule has 0 spiro atoms. The van der Waals surface area contributed by atoms with Crippen LogP contribution in [0.3, 0.4) is 0 Å². The number of amides is 3. The first kappa shape index (κ1) is 25.5. The van der Waals surface area contributed by atoms with E-state index in [1.807, 2.05) is 0 Å². The molecule has 3 N–H and O–H groups in total. The largest absolute Gasteiger partial charge is 0.493 e. The highest BCUT2D eigenvalue weighted by atomic mass is 16.5. The molecule has 3 rings (SSSR count). The van der Waals surface area contributed by atoms with Crippen LogP contribution >= 0.6 is 0 Å². The number of ether oxygens (including phenoxy) is 3. The summed E-state index contributed by atoms with van der Waals surface area (Å²) in [4.78, 5) is 37.4. The molecule has 0 saturated heterocycles. The van der Waals surface area contributed by atoms with Crippen molar-refractivity contribution >= 4 is 29.6 Å². The molecule has 10 nitrogen and oxygen atoms in total. The summed E-state index contributed by atoms with van der Waals surface area (Å²) in [5.74, 6) is -0.975. The standard InChI is InChI=1S/C25H30N4O6/c1-33-20-13-16(14-21(34-2)22(20)35-3)15-26-29-25(32)24(31)28-19-12-8-7-11-18(19)23(30)27-17-9-5-4-6-10-17/h7-8,11-15,17H,4-6,9-10H2,1-3H3,(H,27,30)(H,28,31)(H,29,32)/b26-15-. The van der Waals surface area contributed by atoms with Crippen molar-refractivity contribution in [2.45, 2.75) is 38.1 Å². The first-order chi connectivity index (χ1) is 17.0. The van der Waals surface area contributed by atoms with E-state index in [1.54, 1.807) is 36.4 Å². The third-order valence-corrected chi connectivity index (χ3v) is 5.63. The first-order valence-electron chi connectivity index (χ1n) is 11.3. The third-order valence-electron chi connectivity index (χ3n) is 5.63. The molecule has 0 aromatic heterocycles. The molecule has 35 heavy (non-hydrogen) atoms. The van der Waals surface area contributed by atoms with Crippen molar-refractivity contribution < 1.29 is 28.6 Å². The predicted octanol–water partition coefficient (Wildman–Crippen LogP) is 2.86. The van der Waals surface area contributed by atoms with E-state index in [2.05, 4.69) is 21.2 Å². The third kappa shape index (κ3) is 6.72. The van der Waals surface area contributed by atoms with Gasteiger partial charge in [0, 0.05) is 11.6 Å². The van der Waals surface area contributed by atoms with Crippen molar-refractivity contribution in [2.75, 3.05) is 26.6 Å². The molecule has 3 amide bonds. The van der Waals surface area contributed by atoms with Gasteiger partial charge in [-0.25, -0.2) is 5.43 Å². The van der Waals surface area contributed by atoms with E-state index in [1.165, 1.54) is 34.0 Å². The molecule has 1 aliphatic rings. The highest BCUT2D eigenvalue weighted by molar-refractivity contribution is 6.40. The van der Waals surface area contributed by atoms with Crippen LogP contribution in [0.25, 0.3) is 0 Å². The van der Waals surface area contributed by atoms with E-state index in [4.69, 9.17) is 14.2 Å². The van der Waals surface area contributed by atoms with Gasteiger partial charge in [0.05, 0.1) is 38.8 Å². The van der Waals surface area contributed by atoms with Crippen molar-refractivity contribution in [3.63, 3.8) is 0 Å². The Kier molecular flexibility index (Phi) is 9.05. The number of carbonyl (C=O) groups excluding carboxylic acids is 3. The number of hydrazone groups is 1. The minimum Gasteiger partial charge on any atom is -0.493 e. The Morgan fingerprint density at radius 3 is 2.20 bits per heavy atom. The minimum absolute atomic E-state index is 0.118. The van der Waals surface area contributed by atoms with Crippen molar-refractivity contribution in [2.24, 2.45) is 5.10 Å². The van der Waals surface area contributed by atoms with Crippen molar-refractivity contribution in [1.82, 2.24) is 10.7 Å². The normalized spacial score (nSPS) is 13.7. The lowest BCUT2D eigenvalue weighted by Crippen LogP contribution is -2.37. The molecule has 0 heterocycles. The van der Waals surface area contributed by atoms with Gasteiger partial charge in [0.15, 0.2) is 11.5 Å². The Morgan fingerprint density at radius 2 is 1.57 bits per heavy atom. The van der Waals surface area contributed by atoms with Crippen molar-refractivity contribution in [1.29, 1.82) is 0 Å². The molecular weight excluding hydrogens is 452 g/mol. The van der Waals surface area contributed by atoms with E-state index in [0.29, 0.717) is 28.4 Å². The number of methoxy groups -OCH3 is 3. The molecule has 0 bridgehead atoms. The van der Waals surface area contributed by atoms with Gasteiger partial charge in [0.25, 0.3) is 5.91 Å². The molecule has 10 heteroatoms. The Bertz CT molecular complexity index is 1070.